The highest BCUT2D eigenvalue weighted by molar-refractivity contribution is 7.91. The summed E-state index contributed by atoms with van der Waals surface area (Å²) in [6, 6.07) is 8.35. The van der Waals surface area contributed by atoms with E-state index in [1.54, 1.807) is 17.5 Å². The van der Waals surface area contributed by atoms with Crippen molar-refractivity contribution < 1.29 is 22.7 Å². The number of hydrogen-bond donors (Lipinski definition) is 1. The molecule has 9 heteroatoms. The first kappa shape index (κ1) is 22.2. The standard InChI is InChI=1S/C19H26N2O5S2/c1-5-25-16-10-9-15(12-17(16)26-6-2)14(3)20-18(22)13-21(4)28(23,24)19-8-7-11-27-19/h7-12,14H,5-6,13H2,1-4H3,(H,20,22). The van der Waals surface area contributed by atoms with Crippen LogP contribution in [0, 0.1) is 0 Å². The third-order valence-corrected chi connectivity index (χ3v) is 7.15. The second kappa shape index (κ2) is 9.90. The summed E-state index contributed by atoms with van der Waals surface area (Å²) in [5, 5.41) is 4.51. The summed E-state index contributed by atoms with van der Waals surface area (Å²) in [6.45, 7) is 6.37. The summed E-state index contributed by atoms with van der Waals surface area (Å²) in [4.78, 5) is 12.4. The Balaban J connectivity index is 2.04. The molecule has 1 atom stereocenters. The van der Waals surface area contributed by atoms with Crippen molar-refractivity contribution in [2.75, 3.05) is 26.8 Å². The third kappa shape index (κ3) is 5.46. The molecule has 0 aliphatic heterocycles. The monoisotopic (exact) mass is 426 g/mol. The largest absolute Gasteiger partial charge is 0.490 e. The van der Waals surface area contributed by atoms with Crippen molar-refractivity contribution in [2.45, 2.75) is 31.0 Å². The van der Waals surface area contributed by atoms with E-state index in [0.717, 1.165) is 21.2 Å². The fourth-order valence-corrected chi connectivity index (χ4v) is 4.89. The molecule has 0 spiro atoms. The molecule has 1 unspecified atom stereocenters. The lowest BCUT2D eigenvalue weighted by Gasteiger charge is -2.20. The normalized spacial score (nSPS) is 12.6. The molecule has 7 nitrogen and oxygen atoms in total. The Hall–Kier alpha value is -2.10. The molecule has 0 bridgehead atoms. The molecular weight excluding hydrogens is 400 g/mol. The van der Waals surface area contributed by atoms with Crippen LogP contribution in [0.1, 0.15) is 32.4 Å². The number of carbonyl (C=O) groups is 1. The van der Waals surface area contributed by atoms with E-state index in [0.29, 0.717) is 24.7 Å². The zero-order chi connectivity index (χ0) is 20.7. The van der Waals surface area contributed by atoms with E-state index in [1.165, 1.54) is 13.1 Å². The number of nitrogens with zero attached hydrogens (tertiary/aromatic N) is 1. The summed E-state index contributed by atoms with van der Waals surface area (Å²) in [5.74, 6) is 0.871. The van der Waals surface area contributed by atoms with Gasteiger partial charge in [0.25, 0.3) is 10.0 Å². The fraction of sp³-hybridized carbons (Fsp3) is 0.421. The van der Waals surface area contributed by atoms with E-state index in [1.807, 2.05) is 32.9 Å². The predicted octanol–water partition coefficient (Wildman–Crippen LogP) is 3.04. The smallest absolute Gasteiger partial charge is 0.252 e. The molecule has 0 saturated heterocycles. The molecule has 1 aromatic carbocycles. The van der Waals surface area contributed by atoms with Crippen LogP contribution in [0.5, 0.6) is 11.5 Å². The molecule has 0 aliphatic rings. The van der Waals surface area contributed by atoms with Crippen LogP contribution in [0.3, 0.4) is 0 Å². The van der Waals surface area contributed by atoms with Crippen LogP contribution in [0.25, 0.3) is 0 Å². The Morgan fingerprint density at radius 3 is 2.46 bits per heavy atom. The second-order valence-corrected chi connectivity index (χ2v) is 9.27. The molecule has 0 radical (unpaired) electrons. The number of amides is 1. The van der Waals surface area contributed by atoms with E-state index >= 15 is 0 Å². The lowest BCUT2D eigenvalue weighted by molar-refractivity contribution is -0.121. The fourth-order valence-electron chi connectivity index (χ4n) is 2.56. The zero-order valence-electron chi connectivity index (χ0n) is 16.5. The van der Waals surface area contributed by atoms with Gasteiger partial charge in [0.05, 0.1) is 25.8 Å². The maximum atomic E-state index is 12.4. The highest BCUT2D eigenvalue weighted by Gasteiger charge is 2.24. The van der Waals surface area contributed by atoms with Crippen LogP contribution in [0.15, 0.2) is 39.9 Å². The SMILES string of the molecule is CCOc1ccc(C(C)NC(=O)CN(C)S(=O)(=O)c2cccs2)cc1OCC. The Morgan fingerprint density at radius 1 is 1.18 bits per heavy atom. The minimum absolute atomic E-state index is 0.212. The van der Waals surface area contributed by atoms with E-state index in [4.69, 9.17) is 9.47 Å². The number of rotatable bonds is 10. The van der Waals surface area contributed by atoms with Crippen LogP contribution >= 0.6 is 11.3 Å². The van der Waals surface area contributed by atoms with Gasteiger partial charge in [-0.15, -0.1) is 11.3 Å². The molecule has 1 aromatic heterocycles. The Morgan fingerprint density at radius 2 is 1.86 bits per heavy atom. The van der Waals surface area contributed by atoms with Gasteiger partial charge in [-0.25, -0.2) is 8.42 Å². The molecule has 2 aromatic rings. The molecule has 28 heavy (non-hydrogen) atoms. The minimum Gasteiger partial charge on any atom is -0.490 e. The maximum Gasteiger partial charge on any atom is 0.252 e. The number of likely N-dealkylation sites (N-methyl/N-ethyl adjacent to an activating group) is 1. The molecule has 1 amide bonds. The van der Waals surface area contributed by atoms with Crippen LogP contribution in [0.2, 0.25) is 0 Å². The van der Waals surface area contributed by atoms with E-state index < -0.39 is 10.0 Å². The van der Waals surface area contributed by atoms with Crippen LogP contribution < -0.4 is 14.8 Å². The van der Waals surface area contributed by atoms with Gasteiger partial charge in [-0.3, -0.25) is 4.79 Å². The van der Waals surface area contributed by atoms with Gasteiger partial charge in [0.1, 0.15) is 4.21 Å². The van der Waals surface area contributed by atoms with Crippen molar-refractivity contribution >= 4 is 27.3 Å². The molecule has 154 valence electrons. The van der Waals surface area contributed by atoms with Crippen molar-refractivity contribution in [3.63, 3.8) is 0 Å². The Bertz CT molecular complexity index is 882. The predicted molar refractivity (Wildman–Crippen MR) is 109 cm³/mol. The first-order chi connectivity index (χ1) is 13.3. The number of benzene rings is 1. The Labute approximate surface area is 170 Å². The molecule has 1 N–H and O–H groups in total. The molecule has 0 fully saturated rings. The first-order valence-electron chi connectivity index (χ1n) is 8.98. The highest BCUT2D eigenvalue weighted by atomic mass is 32.2. The van der Waals surface area contributed by atoms with Crippen molar-refractivity contribution in [3.05, 3.63) is 41.3 Å². The van der Waals surface area contributed by atoms with E-state index in [9.17, 15) is 13.2 Å². The molecule has 2 rings (SSSR count). The van der Waals surface area contributed by atoms with Gasteiger partial charge in [0, 0.05) is 7.05 Å². The summed E-state index contributed by atoms with van der Waals surface area (Å²) in [7, 11) is -2.27. The van der Waals surface area contributed by atoms with E-state index in [2.05, 4.69) is 5.32 Å². The number of hydrogen-bond acceptors (Lipinski definition) is 6. The van der Waals surface area contributed by atoms with Crippen molar-refractivity contribution in [3.8, 4) is 11.5 Å². The number of carbonyl (C=O) groups excluding carboxylic acids is 1. The molecule has 1 heterocycles. The molecule has 0 saturated carbocycles. The minimum atomic E-state index is -3.66. The zero-order valence-corrected chi connectivity index (χ0v) is 18.1. The molecule has 0 aliphatic carbocycles. The maximum absolute atomic E-state index is 12.4. The van der Waals surface area contributed by atoms with Crippen molar-refractivity contribution in [1.29, 1.82) is 0 Å². The lowest BCUT2D eigenvalue weighted by Crippen LogP contribution is -2.39. The van der Waals surface area contributed by atoms with E-state index in [-0.39, 0.29) is 22.7 Å². The van der Waals surface area contributed by atoms with Gasteiger partial charge in [-0.05, 0) is 49.9 Å². The summed E-state index contributed by atoms with van der Waals surface area (Å²) >= 11 is 1.12. The highest BCUT2D eigenvalue weighted by Crippen LogP contribution is 2.30. The van der Waals surface area contributed by atoms with Crippen molar-refractivity contribution in [2.24, 2.45) is 0 Å². The van der Waals surface area contributed by atoms with Crippen LogP contribution in [-0.2, 0) is 14.8 Å². The van der Waals surface area contributed by atoms with Gasteiger partial charge < -0.3 is 14.8 Å². The van der Waals surface area contributed by atoms with Gasteiger partial charge in [-0.2, -0.15) is 4.31 Å². The summed E-state index contributed by atoms with van der Waals surface area (Å²) in [6.07, 6.45) is 0. The number of sulfonamides is 1. The number of thiophene rings is 1. The average Bonchev–Trinajstić information content (AvgIpc) is 3.18. The van der Waals surface area contributed by atoms with Gasteiger partial charge in [-0.1, -0.05) is 12.1 Å². The van der Waals surface area contributed by atoms with Gasteiger partial charge >= 0.3 is 0 Å². The lowest BCUT2D eigenvalue weighted by atomic mass is 10.1. The van der Waals surface area contributed by atoms with Gasteiger partial charge in [0.2, 0.25) is 5.91 Å². The second-order valence-electron chi connectivity index (χ2n) is 6.05. The summed E-state index contributed by atoms with van der Waals surface area (Å²) in [5.41, 5.74) is 0.837. The third-order valence-electron chi connectivity index (χ3n) is 3.97. The topological polar surface area (TPSA) is 84.9 Å². The molecular formula is C19H26N2O5S2. The average molecular weight is 427 g/mol. The number of nitrogens with one attached hydrogen (secondary N) is 1. The quantitative estimate of drug-likeness (QED) is 0.631. The van der Waals surface area contributed by atoms with Gasteiger partial charge in [0.15, 0.2) is 11.5 Å². The first-order valence-corrected chi connectivity index (χ1v) is 11.3. The number of ether oxygens (including phenoxy) is 2. The van der Waals surface area contributed by atoms with Crippen molar-refractivity contribution in [1.82, 2.24) is 9.62 Å². The van der Waals surface area contributed by atoms with Crippen LogP contribution in [-0.4, -0.2) is 45.4 Å². The summed E-state index contributed by atoms with van der Waals surface area (Å²) < 4.78 is 37.3. The Kier molecular flexibility index (Phi) is 7.85. The van der Waals surface area contributed by atoms with Crippen LogP contribution in [0.4, 0.5) is 0 Å².